The van der Waals surface area contributed by atoms with E-state index in [0.717, 1.165) is 0 Å². The highest BCUT2D eigenvalue weighted by atomic mass is 79.9. The van der Waals surface area contributed by atoms with Gasteiger partial charge in [-0.2, -0.15) is 0 Å². The van der Waals surface area contributed by atoms with Crippen LogP contribution in [-0.2, 0) is 12.8 Å². The van der Waals surface area contributed by atoms with Gasteiger partial charge in [0.15, 0.2) is 0 Å². The lowest BCUT2D eigenvalue weighted by molar-refractivity contribution is 0.564. The topological polar surface area (TPSA) is 0 Å². The van der Waals surface area contributed by atoms with Crippen LogP contribution in [0.25, 0.3) is 0 Å². The van der Waals surface area contributed by atoms with E-state index in [-0.39, 0.29) is 0 Å². The van der Waals surface area contributed by atoms with E-state index in [4.69, 9.17) is 0 Å². The Labute approximate surface area is 120 Å². The van der Waals surface area contributed by atoms with Crippen molar-refractivity contribution in [3.05, 3.63) is 33.8 Å². The molecule has 0 atom stereocenters. The van der Waals surface area contributed by atoms with E-state index in [2.05, 4.69) is 34.1 Å². The molecule has 2 rings (SSSR count). The van der Waals surface area contributed by atoms with Gasteiger partial charge in [0, 0.05) is 4.47 Å². The van der Waals surface area contributed by atoms with E-state index in [1.54, 1.807) is 11.1 Å². The van der Waals surface area contributed by atoms with Crippen LogP contribution >= 0.6 is 15.9 Å². The summed E-state index contributed by atoms with van der Waals surface area (Å²) in [5, 5.41) is 0. The molecule has 0 saturated carbocycles. The van der Waals surface area contributed by atoms with Gasteiger partial charge in [-0.05, 0) is 48.9 Å². The van der Waals surface area contributed by atoms with Crippen molar-refractivity contribution in [1.29, 1.82) is 0 Å². The minimum atomic E-state index is 1.24. The van der Waals surface area contributed by atoms with Crippen LogP contribution < -0.4 is 0 Å². The molecular formula is C17H25Br. The predicted octanol–water partition coefficient (Wildman–Crippen LogP) is 6.06. The second-order valence-electron chi connectivity index (χ2n) is 5.60. The van der Waals surface area contributed by atoms with Crippen molar-refractivity contribution in [3.8, 4) is 0 Å². The van der Waals surface area contributed by atoms with Gasteiger partial charge < -0.3 is 0 Å². The van der Waals surface area contributed by atoms with E-state index in [1.165, 1.54) is 75.1 Å². The fourth-order valence-electron chi connectivity index (χ4n) is 2.94. The van der Waals surface area contributed by atoms with Crippen LogP contribution in [0.1, 0.15) is 68.9 Å². The molecule has 1 aromatic rings. The third-order valence-electron chi connectivity index (χ3n) is 4.06. The maximum atomic E-state index is 3.61. The molecule has 0 radical (unpaired) electrons. The number of hydrogen-bond acceptors (Lipinski definition) is 0. The molecule has 0 nitrogen and oxygen atoms in total. The third-order valence-corrected chi connectivity index (χ3v) is 4.55. The third kappa shape index (κ3) is 4.76. The van der Waals surface area contributed by atoms with Crippen LogP contribution in [0, 0.1) is 0 Å². The fraction of sp³-hybridized carbons (Fsp3) is 0.647. The van der Waals surface area contributed by atoms with E-state index in [1.807, 2.05) is 0 Å². The molecular weight excluding hydrogens is 284 g/mol. The lowest BCUT2D eigenvalue weighted by Crippen LogP contribution is -1.95. The summed E-state index contributed by atoms with van der Waals surface area (Å²) in [7, 11) is 0. The monoisotopic (exact) mass is 308 g/mol. The van der Waals surface area contributed by atoms with Crippen molar-refractivity contribution in [1.82, 2.24) is 0 Å². The van der Waals surface area contributed by atoms with Crippen LogP contribution in [0.2, 0.25) is 0 Å². The van der Waals surface area contributed by atoms with E-state index < -0.39 is 0 Å². The van der Waals surface area contributed by atoms with Crippen molar-refractivity contribution in [2.24, 2.45) is 0 Å². The summed E-state index contributed by atoms with van der Waals surface area (Å²) in [6.07, 6.45) is 15.3. The Morgan fingerprint density at radius 1 is 0.611 bits per heavy atom. The van der Waals surface area contributed by atoms with Gasteiger partial charge in [-0.3, -0.25) is 0 Å². The molecule has 18 heavy (non-hydrogen) atoms. The summed E-state index contributed by atoms with van der Waals surface area (Å²) < 4.78 is 1.24. The summed E-state index contributed by atoms with van der Waals surface area (Å²) in [5.41, 5.74) is 3.18. The Balaban J connectivity index is 2.01. The van der Waals surface area contributed by atoms with E-state index in [0.29, 0.717) is 0 Å². The number of hydrogen-bond donors (Lipinski definition) is 0. The zero-order valence-electron chi connectivity index (χ0n) is 11.4. The predicted molar refractivity (Wildman–Crippen MR) is 83.1 cm³/mol. The summed E-state index contributed by atoms with van der Waals surface area (Å²) in [6, 6.07) is 6.88. The maximum absolute atomic E-state index is 3.61. The van der Waals surface area contributed by atoms with Crippen LogP contribution in [-0.4, -0.2) is 0 Å². The van der Waals surface area contributed by atoms with Gasteiger partial charge >= 0.3 is 0 Å². The van der Waals surface area contributed by atoms with Crippen molar-refractivity contribution >= 4 is 15.9 Å². The average molecular weight is 309 g/mol. The first-order chi connectivity index (χ1) is 8.86. The van der Waals surface area contributed by atoms with Crippen LogP contribution in [0.15, 0.2) is 22.7 Å². The molecule has 0 spiro atoms. The standard InChI is InChI=1S/C17H25Br/c18-17-13-12-15-10-8-6-4-2-1-3-5-7-9-11-16(15)14-17/h12-14H,1-11H2. The minimum Gasteiger partial charge on any atom is -0.0576 e. The van der Waals surface area contributed by atoms with Gasteiger partial charge in [0.05, 0.1) is 0 Å². The molecule has 100 valence electrons. The molecule has 0 aliphatic heterocycles. The second-order valence-corrected chi connectivity index (χ2v) is 6.51. The molecule has 0 bridgehead atoms. The summed E-state index contributed by atoms with van der Waals surface area (Å²) in [6.45, 7) is 0. The molecule has 1 heteroatoms. The Morgan fingerprint density at radius 3 is 1.72 bits per heavy atom. The maximum Gasteiger partial charge on any atom is 0.0178 e. The zero-order valence-corrected chi connectivity index (χ0v) is 13.0. The second kappa shape index (κ2) is 7.99. The van der Waals surface area contributed by atoms with Crippen LogP contribution in [0.3, 0.4) is 0 Å². The molecule has 1 aromatic carbocycles. The Bertz CT molecular complexity index is 357. The van der Waals surface area contributed by atoms with Gasteiger partial charge in [0.1, 0.15) is 0 Å². The number of fused-ring (bicyclic) bond motifs is 1. The quantitative estimate of drug-likeness (QED) is 0.546. The fourth-order valence-corrected chi connectivity index (χ4v) is 3.35. The lowest BCUT2D eigenvalue weighted by atomic mass is 9.97. The Hall–Kier alpha value is -0.300. The number of rotatable bonds is 0. The largest absolute Gasteiger partial charge is 0.0576 e. The van der Waals surface area contributed by atoms with E-state index >= 15 is 0 Å². The van der Waals surface area contributed by atoms with Crippen molar-refractivity contribution < 1.29 is 0 Å². The summed E-state index contributed by atoms with van der Waals surface area (Å²) in [4.78, 5) is 0. The average Bonchev–Trinajstić information content (AvgIpc) is 2.39. The molecule has 0 N–H and O–H groups in total. The first-order valence-electron chi connectivity index (χ1n) is 7.63. The smallest absolute Gasteiger partial charge is 0.0178 e. The first-order valence-corrected chi connectivity index (χ1v) is 8.43. The molecule has 1 aliphatic carbocycles. The van der Waals surface area contributed by atoms with Crippen LogP contribution in [0.4, 0.5) is 0 Å². The van der Waals surface area contributed by atoms with Gasteiger partial charge in [0.2, 0.25) is 0 Å². The summed E-state index contributed by atoms with van der Waals surface area (Å²) in [5.74, 6) is 0. The van der Waals surface area contributed by atoms with Gasteiger partial charge in [-0.25, -0.2) is 0 Å². The van der Waals surface area contributed by atoms with E-state index in [9.17, 15) is 0 Å². The summed E-state index contributed by atoms with van der Waals surface area (Å²) >= 11 is 3.61. The van der Waals surface area contributed by atoms with Crippen LogP contribution in [0.5, 0.6) is 0 Å². The highest BCUT2D eigenvalue weighted by Crippen LogP contribution is 2.22. The molecule has 0 amide bonds. The molecule has 0 heterocycles. The molecule has 1 aliphatic rings. The van der Waals surface area contributed by atoms with Gasteiger partial charge in [0.25, 0.3) is 0 Å². The molecule has 0 fully saturated rings. The number of halogens is 1. The van der Waals surface area contributed by atoms with Crippen molar-refractivity contribution in [2.75, 3.05) is 0 Å². The normalized spacial score (nSPS) is 19.2. The zero-order chi connectivity index (χ0) is 12.6. The SMILES string of the molecule is Brc1ccc2c(c1)CCCCCCCCCCC2. The molecule has 0 saturated heterocycles. The highest BCUT2D eigenvalue weighted by molar-refractivity contribution is 9.10. The Kier molecular flexibility index (Phi) is 6.26. The van der Waals surface area contributed by atoms with Crippen molar-refractivity contribution in [3.63, 3.8) is 0 Å². The number of benzene rings is 1. The van der Waals surface area contributed by atoms with Crippen molar-refractivity contribution in [2.45, 2.75) is 70.6 Å². The van der Waals surface area contributed by atoms with Gasteiger partial charge in [-0.15, -0.1) is 0 Å². The first kappa shape index (κ1) is 14.1. The van der Waals surface area contributed by atoms with Gasteiger partial charge in [-0.1, -0.05) is 66.9 Å². The number of aryl methyl sites for hydroxylation is 2. The minimum absolute atomic E-state index is 1.24. The molecule has 0 aromatic heterocycles. The lowest BCUT2D eigenvalue weighted by Gasteiger charge is -2.10. The molecule has 0 unspecified atom stereocenters. The highest BCUT2D eigenvalue weighted by Gasteiger charge is 2.05. The Morgan fingerprint density at radius 2 is 1.11 bits per heavy atom.